The number of nitrogens with two attached hydrogens (primary N) is 1. The van der Waals surface area contributed by atoms with Gasteiger partial charge in [0, 0.05) is 23.5 Å². The lowest BCUT2D eigenvalue weighted by Crippen LogP contribution is -2.00. The van der Waals surface area contributed by atoms with Crippen molar-refractivity contribution in [3.05, 3.63) is 90.8 Å². The Morgan fingerprint density at radius 3 is 2.39 bits per heavy atom. The Bertz CT molecular complexity index is 1150. The summed E-state index contributed by atoms with van der Waals surface area (Å²) in [6, 6.07) is 24.8. The number of anilines is 1. The number of rotatable bonds is 4. The number of aromatic nitrogens is 2. The van der Waals surface area contributed by atoms with Gasteiger partial charge in [-0.1, -0.05) is 30.3 Å². The fourth-order valence-electron chi connectivity index (χ4n) is 2.92. The van der Waals surface area contributed by atoms with Gasteiger partial charge in [-0.25, -0.2) is 4.98 Å². The van der Waals surface area contributed by atoms with Crippen molar-refractivity contribution in [1.29, 1.82) is 5.26 Å². The summed E-state index contributed by atoms with van der Waals surface area (Å²) in [5, 5.41) is 9.61. The summed E-state index contributed by atoms with van der Waals surface area (Å²) in [4.78, 5) is 8.51. The smallest absolute Gasteiger partial charge is 0.142 e. The van der Waals surface area contributed by atoms with Crippen LogP contribution in [0.15, 0.2) is 85.2 Å². The number of nitrogens with zero attached hydrogens (tertiary/aromatic N) is 3. The van der Waals surface area contributed by atoms with Gasteiger partial charge in [0.15, 0.2) is 0 Å². The van der Waals surface area contributed by atoms with Gasteiger partial charge >= 0.3 is 0 Å². The molecule has 4 rings (SSSR count). The average Bonchev–Trinajstić information content (AvgIpc) is 2.75. The van der Waals surface area contributed by atoms with E-state index in [1.165, 1.54) is 0 Å². The first-order valence-electron chi connectivity index (χ1n) is 8.69. The van der Waals surface area contributed by atoms with Gasteiger partial charge in [0.25, 0.3) is 0 Å². The van der Waals surface area contributed by atoms with Crippen LogP contribution in [0.1, 0.15) is 5.56 Å². The Labute approximate surface area is 162 Å². The molecule has 5 nitrogen and oxygen atoms in total. The Balaban J connectivity index is 1.79. The second-order valence-electron chi connectivity index (χ2n) is 6.11. The first-order valence-corrected chi connectivity index (χ1v) is 8.69. The predicted molar refractivity (Wildman–Crippen MR) is 109 cm³/mol. The Kier molecular flexibility index (Phi) is 4.68. The highest BCUT2D eigenvalue weighted by molar-refractivity contribution is 5.80. The standard InChI is InChI=1S/C23H16N4O/c24-14-21-20(13-22(27-23(21)25)17-7-5-11-26-15-17)16-6-4-10-19(12-16)28-18-8-2-1-3-9-18/h1-13,15H,(H2,25,27). The predicted octanol–water partition coefficient (Wildman–Crippen LogP) is 5.06. The molecule has 2 heterocycles. The molecule has 0 aliphatic heterocycles. The maximum absolute atomic E-state index is 9.61. The minimum atomic E-state index is 0.188. The highest BCUT2D eigenvalue weighted by Gasteiger charge is 2.14. The van der Waals surface area contributed by atoms with Crippen LogP contribution in [0.3, 0.4) is 0 Å². The zero-order valence-corrected chi connectivity index (χ0v) is 14.9. The molecule has 0 spiro atoms. The van der Waals surface area contributed by atoms with Crippen molar-refractivity contribution < 1.29 is 4.74 Å². The summed E-state index contributed by atoms with van der Waals surface area (Å²) in [6.45, 7) is 0. The van der Waals surface area contributed by atoms with E-state index in [2.05, 4.69) is 16.0 Å². The number of hydrogen-bond donors (Lipinski definition) is 1. The molecule has 5 heteroatoms. The van der Waals surface area contributed by atoms with Gasteiger partial charge in [-0.2, -0.15) is 5.26 Å². The largest absolute Gasteiger partial charge is 0.457 e. The van der Waals surface area contributed by atoms with Gasteiger partial charge in [0.05, 0.1) is 5.69 Å². The summed E-state index contributed by atoms with van der Waals surface area (Å²) in [7, 11) is 0. The molecule has 0 aliphatic carbocycles. The SMILES string of the molecule is N#Cc1c(-c2cccc(Oc3ccccc3)c2)cc(-c2cccnc2)nc1N. The van der Waals surface area contributed by atoms with Crippen molar-refractivity contribution >= 4 is 5.82 Å². The van der Waals surface area contributed by atoms with Crippen LogP contribution in [0, 0.1) is 11.3 Å². The third kappa shape index (κ3) is 3.53. The van der Waals surface area contributed by atoms with Crippen LogP contribution in [-0.2, 0) is 0 Å². The second-order valence-corrected chi connectivity index (χ2v) is 6.11. The zero-order valence-electron chi connectivity index (χ0n) is 14.9. The van der Waals surface area contributed by atoms with E-state index in [1.54, 1.807) is 12.4 Å². The Morgan fingerprint density at radius 1 is 0.857 bits per heavy atom. The highest BCUT2D eigenvalue weighted by atomic mass is 16.5. The molecule has 0 saturated heterocycles. The van der Waals surface area contributed by atoms with E-state index >= 15 is 0 Å². The van der Waals surface area contributed by atoms with Gasteiger partial charge in [-0.05, 0) is 48.0 Å². The fourth-order valence-corrected chi connectivity index (χ4v) is 2.92. The Hall–Kier alpha value is -4.17. The van der Waals surface area contributed by atoms with E-state index in [-0.39, 0.29) is 5.82 Å². The highest BCUT2D eigenvalue weighted by Crippen LogP contribution is 2.33. The molecule has 2 N–H and O–H groups in total. The van der Waals surface area contributed by atoms with Crippen LogP contribution in [0.25, 0.3) is 22.4 Å². The normalized spacial score (nSPS) is 10.2. The Morgan fingerprint density at radius 2 is 1.64 bits per heavy atom. The van der Waals surface area contributed by atoms with Crippen molar-refractivity contribution in [2.75, 3.05) is 5.73 Å². The van der Waals surface area contributed by atoms with Gasteiger partial charge in [0.2, 0.25) is 0 Å². The van der Waals surface area contributed by atoms with Crippen molar-refractivity contribution in [2.24, 2.45) is 0 Å². The molecule has 28 heavy (non-hydrogen) atoms. The van der Waals surface area contributed by atoms with Gasteiger partial charge in [-0.3, -0.25) is 4.98 Å². The summed E-state index contributed by atoms with van der Waals surface area (Å²) in [5.41, 5.74) is 9.44. The van der Waals surface area contributed by atoms with Crippen molar-refractivity contribution in [3.8, 4) is 40.0 Å². The summed E-state index contributed by atoms with van der Waals surface area (Å²) in [6.07, 6.45) is 3.41. The minimum absolute atomic E-state index is 0.188. The molecule has 0 aliphatic rings. The number of benzene rings is 2. The average molecular weight is 364 g/mol. The van der Waals surface area contributed by atoms with E-state index in [0.717, 1.165) is 16.9 Å². The molecule has 0 fully saturated rings. The third-order valence-corrected chi connectivity index (χ3v) is 4.24. The number of pyridine rings is 2. The lowest BCUT2D eigenvalue weighted by molar-refractivity contribution is 0.483. The van der Waals surface area contributed by atoms with Gasteiger partial charge in [0.1, 0.15) is 28.9 Å². The molecular weight excluding hydrogens is 348 g/mol. The molecule has 4 aromatic rings. The minimum Gasteiger partial charge on any atom is -0.457 e. The van der Waals surface area contributed by atoms with Crippen molar-refractivity contribution in [3.63, 3.8) is 0 Å². The van der Waals surface area contributed by atoms with Crippen LogP contribution in [0.5, 0.6) is 11.5 Å². The van der Waals surface area contributed by atoms with Gasteiger partial charge < -0.3 is 10.5 Å². The van der Waals surface area contributed by atoms with Crippen molar-refractivity contribution in [2.45, 2.75) is 0 Å². The molecule has 0 unspecified atom stereocenters. The molecule has 134 valence electrons. The molecule has 0 radical (unpaired) electrons. The maximum atomic E-state index is 9.61. The van der Waals surface area contributed by atoms with E-state index in [4.69, 9.17) is 10.5 Å². The molecule has 0 saturated carbocycles. The number of nitrogen functional groups attached to an aromatic ring is 1. The van der Waals surface area contributed by atoms with E-state index in [0.29, 0.717) is 22.6 Å². The third-order valence-electron chi connectivity index (χ3n) is 4.24. The topological polar surface area (TPSA) is 84.8 Å². The molecule has 2 aromatic carbocycles. The molecular formula is C23H16N4O. The second kappa shape index (κ2) is 7.60. The molecule has 0 atom stereocenters. The van der Waals surface area contributed by atoms with Gasteiger partial charge in [-0.15, -0.1) is 0 Å². The fraction of sp³-hybridized carbons (Fsp3) is 0. The quantitative estimate of drug-likeness (QED) is 0.547. The van der Waals surface area contributed by atoms with Crippen LogP contribution in [-0.4, -0.2) is 9.97 Å². The van der Waals surface area contributed by atoms with Crippen molar-refractivity contribution in [1.82, 2.24) is 9.97 Å². The van der Waals surface area contributed by atoms with Crippen LogP contribution >= 0.6 is 0 Å². The monoisotopic (exact) mass is 364 g/mol. The summed E-state index contributed by atoms with van der Waals surface area (Å²) >= 11 is 0. The number of para-hydroxylation sites is 1. The lowest BCUT2D eigenvalue weighted by atomic mass is 9.98. The van der Waals surface area contributed by atoms with E-state index in [9.17, 15) is 5.26 Å². The summed E-state index contributed by atoms with van der Waals surface area (Å²) < 4.78 is 5.92. The van der Waals surface area contributed by atoms with Crippen LogP contribution in [0.2, 0.25) is 0 Å². The first-order chi connectivity index (χ1) is 13.7. The first kappa shape index (κ1) is 17.3. The molecule has 0 bridgehead atoms. The number of hydrogen-bond acceptors (Lipinski definition) is 5. The molecule has 0 amide bonds. The number of nitriles is 1. The van der Waals surface area contributed by atoms with Crippen LogP contribution in [0.4, 0.5) is 5.82 Å². The lowest BCUT2D eigenvalue weighted by Gasteiger charge is -2.12. The number of ether oxygens (including phenoxy) is 1. The van der Waals surface area contributed by atoms with E-state index < -0.39 is 0 Å². The van der Waals surface area contributed by atoms with E-state index in [1.807, 2.05) is 72.8 Å². The zero-order chi connectivity index (χ0) is 19.3. The maximum Gasteiger partial charge on any atom is 0.142 e. The molecule has 2 aromatic heterocycles. The van der Waals surface area contributed by atoms with Crippen LogP contribution < -0.4 is 10.5 Å². The summed E-state index contributed by atoms with van der Waals surface area (Å²) in [5.74, 6) is 1.60.